The van der Waals surface area contributed by atoms with Crippen LogP contribution in [0, 0.1) is 11.3 Å². The van der Waals surface area contributed by atoms with E-state index in [-0.39, 0.29) is 0 Å². The first-order chi connectivity index (χ1) is 7.68. The molecule has 1 aromatic carbocycles. The molecule has 0 saturated heterocycles. The Labute approximate surface area is 94.5 Å². The van der Waals surface area contributed by atoms with Crippen molar-refractivity contribution in [3.8, 4) is 6.07 Å². The minimum atomic E-state index is -0.566. The zero-order chi connectivity index (χ0) is 11.6. The number of imidazole rings is 1. The van der Waals surface area contributed by atoms with Crippen LogP contribution < -0.4 is 5.32 Å². The summed E-state index contributed by atoms with van der Waals surface area (Å²) >= 11 is 0. The lowest BCUT2D eigenvalue weighted by atomic mass is 10.1. The van der Waals surface area contributed by atoms with Crippen molar-refractivity contribution < 1.29 is 0 Å². The molecular weight excluding hydrogens is 200 g/mol. The maximum absolute atomic E-state index is 9.11. The highest BCUT2D eigenvalue weighted by molar-refractivity contribution is 5.74. The summed E-state index contributed by atoms with van der Waals surface area (Å²) in [6.45, 7) is 2.46. The Hall–Kier alpha value is -1.86. The molecule has 0 aliphatic carbocycles. The van der Waals surface area contributed by atoms with Crippen LogP contribution in [0.25, 0.3) is 11.0 Å². The molecule has 0 bridgehead atoms. The van der Waals surface area contributed by atoms with Crippen LogP contribution in [-0.2, 0) is 6.54 Å². The molecule has 0 aliphatic heterocycles. The van der Waals surface area contributed by atoms with E-state index in [0.29, 0.717) is 6.54 Å². The van der Waals surface area contributed by atoms with E-state index in [2.05, 4.69) is 16.4 Å². The van der Waals surface area contributed by atoms with Gasteiger partial charge in [0.1, 0.15) is 5.54 Å². The van der Waals surface area contributed by atoms with Gasteiger partial charge in [-0.15, -0.1) is 0 Å². The molecule has 1 N–H and O–H groups in total. The fourth-order valence-electron chi connectivity index (χ4n) is 1.65. The molecule has 1 atom stereocenters. The Morgan fingerprint density at radius 3 is 2.94 bits per heavy atom. The Kier molecular flexibility index (Phi) is 2.63. The first kappa shape index (κ1) is 10.7. The average Bonchev–Trinajstić information content (AvgIpc) is 2.73. The smallest absolute Gasteiger partial charge is 0.121 e. The zero-order valence-electron chi connectivity index (χ0n) is 9.44. The first-order valence-electron chi connectivity index (χ1n) is 5.18. The normalized spacial score (nSPS) is 14.6. The lowest BCUT2D eigenvalue weighted by molar-refractivity contribution is 0.424. The lowest BCUT2D eigenvalue weighted by Crippen LogP contribution is -2.42. The predicted octanol–water partition coefficient (Wildman–Crippen LogP) is 1.54. The van der Waals surface area contributed by atoms with Gasteiger partial charge in [0.2, 0.25) is 0 Å². The van der Waals surface area contributed by atoms with Crippen molar-refractivity contribution in [1.29, 1.82) is 5.26 Å². The van der Waals surface area contributed by atoms with E-state index >= 15 is 0 Å². The van der Waals surface area contributed by atoms with Gasteiger partial charge in [-0.3, -0.25) is 0 Å². The summed E-state index contributed by atoms with van der Waals surface area (Å²) < 4.78 is 2.00. The van der Waals surface area contributed by atoms with Crippen LogP contribution in [0.4, 0.5) is 0 Å². The Morgan fingerprint density at radius 2 is 2.25 bits per heavy atom. The molecule has 0 radical (unpaired) electrons. The maximum atomic E-state index is 9.11. The van der Waals surface area contributed by atoms with Crippen molar-refractivity contribution in [2.75, 3.05) is 7.05 Å². The number of rotatable bonds is 3. The van der Waals surface area contributed by atoms with Gasteiger partial charge in [0, 0.05) is 0 Å². The van der Waals surface area contributed by atoms with Gasteiger partial charge < -0.3 is 9.88 Å². The topological polar surface area (TPSA) is 53.6 Å². The average molecular weight is 214 g/mol. The van der Waals surface area contributed by atoms with E-state index in [9.17, 15) is 0 Å². The number of nitrogens with one attached hydrogen (secondary N) is 1. The van der Waals surface area contributed by atoms with Gasteiger partial charge in [0.25, 0.3) is 0 Å². The van der Waals surface area contributed by atoms with Gasteiger partial charge in [-0.2, -0.15) is 5.26 Å². The molecular formula is C12H14N4. The number of nitriles is 1. The molecule has 1 aromatic heterocycles. The molecule has 4 nitrogen and oxygen atoms in total. The summed E-state index contributed by atoms with van der Waals surface area (Å²) in [5.74, 6) is 0. The van der Waals surface area contributed by atoms with Crippen molar-refractivity contribution in [2.24, 2.45) is 0 Å². The quantitative estimate of drug-likeness (QED) is 0.843. The summed E-state index contributed by atoms with van der Waals surface area (Å²) in [5.41, 5.74) is 1.45. The summed E-state index contributed by atoms with van der Waals surface area (Å²) in [6, 6.07) is 10.2. The number of nitrogens with zero attached hydrogens (tertiary/aromatic N) is 3. The van der Waals surface area contributed by atoms with Crippen LogP contribution in [0.15, 0.2) is 30.6 Å². The minimum absolute atomic E-state index is 0.566. The third-order valence-corrected chi connectivity index (χ3v) is 2.81. The van der Waals surface area contributed by atoms with Gasteiger partial charge in [-0.25, -0.2) is 4.98 Å². The van der Waals surface area contributed by atoms with Crippen LogP contribution in [0.1, 0.15) is 6.92 Å². The minimum Gasteiger partial charge on any atom is -0.328 e. The van der Waals surface area contributed by atoms with Crippen molar-refractivity contribution in [2.45, 2.75) is 19.0 Å². The van der Waals surface area contributed by atoms with Gasteiger partial charge >= 0.3 is 0 Å². The summed E-state index contributed by atoms with van der Waals surface area (Å²) in [4.78, 5) is 4.30. The van der Waals surface area contributed by atoms with Gasteiger partial charge in [-0.05, 0) is 26.1 Å². The van der Waals surface area contributed by atoms with Crippen LogP contribution in [0.3, 0.4) is 0 Å². The van der Waals surface area contributed by atoms with Gasteiger partial charge in [0.15, 0.2) is 0 Å². The largest absolute Gasteiger partial charge is 0.328 e. The second-order valence-corrected chi connectivity index (χ2v) is 4.06. The fraction of sp³-hybridized carbons (Fsp3) is 0.333. The summed E-state index contributed by atoms with van der Waals surface area (Å²) in [7, 11) is 1.79. The molecule has 1 unspecified atom stereocenters. The number of para-hydroxylation sites is 2. The Morgan fingerprint density at radius 1 is 1.50 bits per heavy atom. The van der Waals surface area contributed by atoms with E-state index in [1.165, 1.54) is 0 Å². The number of likely N-dealkylation sites (N-methyl/N-ethyl adjacent to an activating group) is 1. The van der Waals surface area contributed by atoms with Crippen molar-refractivity contribution in [3.05, 3.63) is 30.6 Å². The molecule has 2 aromatic rings. The number of fused-ring (bicyclic) bond motifs is 1. The SMILES string of the molecule is CNC(C)(C#N)Cn1cnc2ccccc21. The Balaban J connectivity index is 2.39. The molecule has 0 aliphatic rings. The fourth-order valence-corrected chi connectivity index (χ4v) is 1.65. The van der Waals surface area contributed by atoms with Gasteiger partial charge in [-0.1, -0.05) is 12.1 Å². The van der Waals surface area contributed by atoms with E-state index in [0.717, 1.165) is 11.0 Å². The molecule has 0 spiro atoms. The highest BCUT2D eigenvalue weighted by Gasteiger charge is 2.22. The number of benzene rings is 1. The molecule has 2 rings (SSSR count). The third kappa shape index (κ3) is 1.77. The molecule has 0 fully saturated rings. The highest BCUT2D eigenvalue weighted by Crippen LogP contribution is 2.15. The lowest BCUT2D eigenvalue weighted by Gasteiger charge is -2.21. The standard InChI is InChI=1S/C12H14N4/c1-12(7-13,14-2)8-16-9-15-10-5-3-4-6-11(10)16/h3-6,9,14H,8H2,1-2H3. The highest BCUT2D eigenvalue weighted by atomic mass is 15.1. The molecule has 4 heteroatoms. The summed E-state index contributed by atoms with van der Waals surface area (Å²) in [5, 5.41) is 12.1. The van der Waals surface area contributed by atoms with E-state index in [4.69, 9.17) is 5.26 Å². The predicted molar refractivity (Wildman–Crippen MR) is 62.8 cm³/mol. The van der Waals surface area contributed by atoms with Crippen molar-refractivity contribution in [1.82, 2.24) is 14.9 Å². The number of hydrogen-bond donors (Lipinski definition) is 1. The molecule has 0 amide bonds. The van der Waals surface area contributed by atoms with Crippen LogP contribution in [0.2, 0.25) is 0 Å². The molecule has 1 heterocycles. The number of aromatic nitrogens is 2. The van der Waals surface area contributed by atoms with Crippen molar-refractivity contribution >= 4 is 11.0 Å². The summed E-state index contributed by atoms with van der Waals surface area (Å²) in [6.07, 6.45) is 1.78. The van der Waals surface area contributed by atoms with E-state index in [1.54, 1.807) is 13.4 Å². The molecule has 82 valence electrons. The number of hydrogen-bond acceptors (Lipinski definition) is 3. The first-order valence-corrected chi connectivity index (χ1v) is 5.18. The maximum Gasteiger partial charge on any atom is 0.121 e. The Bertz CT molecular complexity index is 537. The zero-order valence-corrected chi connectivity index (χ0v) is 9.44. The molecule has 16 heavy (non-hydrogen) atoms. The third-order valence-electron chi connectivity index (χ3n) is 2.81. The van der Waals surface area contributed by atoms with Crippen LogP contribution in [0.5, 0.6) is 0 Å². The van der Waals surface area contributed by atoms with Gasteiger partial charge in [0.05, 0.1) is 30.0 Å². The second-order valence-electron chi connectivity index (χ2n) is 4.06. The van der Waals surface area contributed by atoms with Crippen LogP contribution in [-0.4, -0.2) is 22.1 Å². The molecule has 0 saturated carbocycles. The monoisotopic (exact) mass is 214 g/mol. The second kappa shape index (κ2) is 3.95. The van der Waals surface area contributed by atoms with E-state index in [1.807, 2.05) is 35.8 Å². The van der Waals surface area contributed by atoms with Crippen molar-refractivity contribution in [3.63, 3.8) is 0 Å². The van der Waals surface area contributed by atoms with Crippen LogP contribution >= 0.6 is 0 Å². The van der Waals surface area contributed by atoms with E-state index < -0.39 is 5.54 Å².